The Morgan fingerprint density at radius 2 is 2.12 bits per heavy atom. The number of guanidine groups is 1. The second-order valence-corrected chi connectivity index (χ2v) is 4.90. The summed E-state index contributed by atoms with van der Waals surface area (Å²) in [5.74, 6) is 1.06. The quantitative estimate of drug-likeness (QED) is 0.771. The molecule has 1 N–H and O–H groups in total. The van der Waals surface area contributed by atoms with Crippen LogP contribution in [0.3, 0.4) is 0 Å². The van der Waals surface area contributed by atoms with Gasteiger partial charge in [0.15, 0.2) is 5.96 Å². The van der Waals surface area contributed by atoms with Gasteiger partial charge in [-0.2, -0.15) is 0 Å². The maximum atomic E-state index is 5.39. The van der Waals surface area contributed by atoms with Crippen LogP contribution in [0.5, 0.6) is 0 Å². The van der Waals surface area contributed by atoms with E-state index in [-0.39, 0.29) is 24.0 Å². The van der Waals surface area contributed by atoms with E-state index in [9.17, 15) is 0 Å². The van der Waals surface area contributed by atoms with Crippen LogP contribution in [0, 0.1) is 5.41 Å². The van der Waals surface area contributed by atoms with E-state index in [0.29, 0.717) is 5.41 Å². The lowest BCUT2D eigenvalue weighted by Gasteiger charge is -2.34. The molecule has 2 rings (SSSR count). The predicted molar refractivity (Wildman–Crippen MR) is 76.5 cm³/mol. The van der Waals surface area contributed by atoms with Gasteiger partial charge in [-0.05, 0) is 18.3 Å². The Balaban J connectivity index is 0.00000128. The third-order valence-corrected chi connectivity index (χ3v) is 3.43. The first kappa shape index (κ1) is 14.0. The average molecular weight is 339 g/mol. The minimum atomic E-state index is 0. The number of nitrogens with one attached hydrogen (secondary N) is 1. The van der Waals surface area contributed by atoms with Crippen molar-refractivity contribution < 1.29 is 4.74 Å². The van der Waals surface area contributed by atoms with Gasteiger partial charge in [-0.15, -0.1) is 24.0 Å². The van der Waals surface area contributed by atoms with E-state index < -0.39 is 0 Å². The lowest BCUT2D eigenvalue weighted by atomic mass is 9.82. The van der Waals surface area contributed by atoms with Gasteiger partial charge in [0.1, 0.15) is 0 Å². The Morgan fingerprint density at radius 1 is 1.44 bits per heavy atom. The summed E-state index contributed by atoms with van der Waals surface area (Å²) in [6.45, 7) is 7.12. The number of rotatable bonds is 2. The predicted octanol–water partition coefficient (Wildman–Crippen LogP) is 1.31. The minimum absolute atomic E-state index is 0. The smallest absolute Gasteiger partial charge is 0.193 e. The van der Waals surface area contributed by atoms with Crippen molar-refractivity contribution in [3.05, 3.63) is 0 Å². The number of likely N-dealkylation sites (N-methyl/N-ethyl adjacent to an activating group) is 1. The van der Waals surface area contributed by atoms with E-state index >= 15 is 0 Å². The first-order valence-electron chi connectivity index (χ1n) is 5.77. The van der Waals surface area contributed by atoms with E-state index in [1.165, 1.54) is 0 Å². The van der Waals surface area contributed by atoms with Crippen LogP contribution in [-0.4, -0.2) is 50.8 Å². The molecule has 2 heterocycles. The molecule has 0 aromatic rings. The highest BCUT2D eigenvalue weighted by Crippen LogP contribution is 2.28. The summed E-state index contributed by atoms with van der Waals surface area (Å²) in [7, 11) is 2.09. The molecule has 1 fully saturated rings. The van der Waals surface area contributed by atoms with E-state index in [2.05, 4.69) is 29.2 Å². The molecule has 0 aromatic carbocycles. The largest absolute Gasteiger partial charge is 0.381 e. The van der Waals surface area contributed by atoms with E-state index in [4.69, 9.17) is 4.74 Å². The molecular formula is C11H22IN3O. The summed E-state index contributed by atoms with van der Waals surface area (Å²) in [6, 6.07) is 0. The fourth-order valence-corrected chi connectivity index (χ4v) is 2.06. The zero-order valence-electron chi connectivity index (χ0n) is 10.2. The van der Waals surface area contributed by atoms with E-state index in [1.807, 2.05) is 0 Å². The molecule has 0 spiro atoms. The molecule has 5 heteroatoms. The standard InChI is InChI=1S/C11H21N3O.HI/c1-11(3-7-15-8-4-11)9-13-10-12-5-6-14(10)2;/h3-9H2,1-2H3,(H,12,13);1H. The molecule has 0 unspecified atom stereocenters. The maximum absolute atomic E-state index is 5.39. The molecule has 0 radical (unpaired) electrons. The minimum Gasteiger partial charge on any atom is -0.381 e. The van der Waals surface area contributed by atoms with E-state index in [0.717, 1.165) is 51.6 Å². The SMILES string of the molecule is CN1CCN=C1NCC1(C)CCOCC1.I. The molecule has 1 saturated heterocycles. The van der Waals surface area contributed by atoms with Crippen molar-refractivity contribution in [1.29, 1.82) is 0 Å². The number of halogens is 1. The number of nitrogens with zero attached hydrogens (tertiary/aromatic N) is 2. The van der Waals surface area contributed by atoms with Gasteiger partial charge in [-0.3, -0.25) is 4.99 Å². The van der Waals surface area contributed by atoms with Crippen molar-refractivity contribution in [1.82, 2.24) is 10.2 Å². The van der Waals surface area contributed by atoms with Crippen molar-refractivity contribution in [3.8, 4) is 0 Å². The number of ether oxygens (including phenoxy) is 1. The van der Waals surface area contributed by atoms with Crippen LogP contribution in [0.1, 0.15) is 19.8 Å². The Hall–Kier alpha value is -0.0400. The number of hydrogen-bond acceptors (Lipinski definition) is 4. The first-order valence-corrected chi connectivity index (χ1v) is 5.77. The van der Waals surface area contributed by atoms with Crippen molar-refractivity contribution in [2.45, 2.75) is 19.8 Å². The van der Waals surface area contributed by atoms with Crippen LogP contribution in [0.15, 0.2) is 4.99 Å². The maximum Gasteiger partial charge on any atom is 0.193 e. The van der Waals surface area contributed by atoms with Crippen LogP contribution < -0.4 is 5.32 Å². The van der Waals surface area contributed by atoms with Crippen molar-refractivity contribution in [3.63, 3.8) is 0 Å². The molecule has 0 aromatic heterocycles. The summed E-state index contributed by atoms with van der Waals surface area (Å²) < 4.78 is 5.39. The monoisotopic (exact) mass is 339 g/mol. The highest BCUT2D eigenvalue weighted by Gasteiger charge is 2.28. The van der Waals surface area contributed by atoms with Crippen LogP contribution in [0.25, 0.3) is 0 Å². The van der Waals surface area contributed by atoms with Crippen molar-refractivity contribution in [2.24, 2.45) is 10.4 Å². The molecule has 0 bridgehead atoms. The van der Waals surface area contributed by atoms with E-state index in [1.54, 1.807) is 0 Å². The van der Waals surface area contributed by atoms with Crippen molar-refractivity contribution >= 4 is 29.9 Å². The lowest BCUT2D eigenvalue weighted by Crippen LogP contribution is -2.43. The van der Waals surface area contributed by atoms with Gasteiger partial charge in [0.2, 0.25) is 0 Å². The molecule has 4 nitrogen and oxygen atoms in total. The van der Waals surface area contributed by atoms with Gasteiger partial charge in [-0.25, -0.2) is 0 Å². The summed E-state index contributed by atoms with van der Waals surface area (Å²) >= 11 is 0. The lowest BCUT2D eigenvalue weighted by molar-refractivity contribution is 0.0259. The summed E-state index contributed by atoms with van der Waals surface area (Å²) in [6.07, 6.45) is 2.30. The van der Waals surface area contributed by atoms with Gasteiger partial charge < -0.3 is 15.0 Å². The fraction of sp³-hybridized carbons (Fsp3) is 0.909. The molecule has 94 valence electrons. The highest BCUT2D eigenvalue weighted by atomic mass is 127. The van der Waals surface area contributed by atoms with Gasteiger partial charge in [-0.1, -0.05) is 6.92 Å². The Kier molecular flexibility index (Phi) is 5.30. The molecule has 2 aliphatic rings. The van der Waals surface area contributed by atoms with Gasteiger partial charge in [0.25, 0.3) is 0 Å². The van der Waals surface area contributed by atoms with Gasteiger partial charge in [0.05, 0.1) is 6.54 Å². The van der Waals surface area contributed by atoms with Crippen molar-refractivity contribution in [2.75, 3.05) is 39.9 Å². The number of aliphatic imine (C=N–C) groups is 1. The average Bonchev–Trinajstić information content (AvgIpc) is 2.62. The summed E-state index contributed by atoms with van der Waals surface area (Å²) in [5.41, 5.74) is 0.379. The third-order valence-electron chi connectivity index (χ3n) is 3.43. The molecule has 0 amide bonds. The Bertz CT molecular complexity index is 252. The zero-order chi connectivity index (χ0) is 10.7. The second-order valence-electron chi connectivity index (χ2n) is 4.90. The third kappa shape index (κ3) is 3.48. The molecule has 0 atom stereocenters. The number of hydrogen-bond donors (Lipinski definition) is 1. The highest BCUT2D eigenvalue weighted by molar-refractivity contribution is 14.0. The molecule has 0 aliphatic carbocycles. The van der Waals surface area contributed by atoms with Crippen LogP contribution >= 0.6 is 24.0 Å². The fourth-order valence-electron chi connectivity index (χ4n) is 2.06. The normalized spacial score (nSPS) is 23.6. The second kappa shape index (κ2) is 6.05. The molecule has 0 saturated carbocycles. The first-order chi connectivity index (χ1) is 7.20. The van der Waals surface area contributed by atoms with Gasteiger partial charge in [0, 0.05) is 33.4 Å². The van der Waals surface area contributed by atoms with Crippen LogP contribution in [-0.2, 0) is 4.74 Å². The summed E-state index contributed by atoms with van der Waals surface area (Å²) in [4.78, 5) is 6.62. The molecular weight excluding hydrogens is 317 g/mol. The molecule has 2 aliphatic heterocycles. The van der Waals surface area contributed by atoms with Crippen LogP contribution in [0.2, 0.25) is 0 Å². The topological polar surface area (TPSA) is 36.9 Å². The zero-order valence-corrected chi connectivity index (χ0v) is 12.5. The summed E-state index contributed by atoms with van der Waals surface area (Å²) in [5, 5.41) is 3.46. The Morgan fingerprint density at radius 3 is 2.69 bits per heavy atom. The Labute approximate surface area is 115 Å². The molecule has 16 heavy (non-hydrogen) atoms. The van der Waals surface area contributed by atoms with Gasteiger partial charge >= 0.3 is 0 Å². The van der Waals surface area contributed by atoms with Crippen LogP contribution in [0.4, 0.5) is 0 Å².